The van der Waals surface area contributed by atoms with Gasteiger partial charge in [0.05, 0.1) is 5.52 Å². The fraction of sp³-hybridized carbons (Fsp3) is 0.125. The van der Waals surface area contributed by atoms with Crippen molar-refractivity contribution in [2.75, 3.05) is 0 Å². The van der Waals surface area contributed by atoms with Crippen LogP contribution in [-0.2, 0) is 7.05 Å². The highest BCUT2D eigenvalue weighted by Gasteiger charge is 2.28. The summed E-state index contributed by atoms with van der Waals surface area (Å²) in [5, 5.41) is 0. The van der Waals surface area contributed by atoms with Crippen molar-refractivity contribution in [3.8, 4) is 0 Å². The van der Waals surface area contributed by atoms with Gasteiger partial charge in [-0.2, -0.15) is 0 Å². The Morgan fingerprint density at radius 1 is 1.33 bits per heavy atom. The molecule has 0 aliphatic rings. The van der Waals surface area contributed by atoms with Gasteiger partial charge in [0, 0.05) is 12.6 Å². The summed E-state index contributed by atoms with van der Waals surface area (Å²) in [6.07, 6.45) is 0. The van der Waals surface area contributed by atoms with Crippen LogP contribution >= 0.6 is 0 Å². The smallest absolute Gasteiger partial charge is 0.445 e. The summed E-state index contributed by atoms with van der Waals surface area (Å²) in [5.74, 6) is 0. The number of H-pyrrole nitrogens is 1. The van der Waals surface area contributed by atoms with Crippen LogP contribution < -0.4 is 11.2 Å². The Kier molecular flexibility index (Phi) is 1.92. The molecule has 0 aliphatic heterocycles. The van der Waals surface area contributed by atoms with Crippen LogP contribution in [0.2, 0.25) is 0 Å². The van der Waals surface area contributed by atoms with Crippen LogP contribution in [0.15, 0.2) is 23.0 Å². The van der Waals surface area contributed by atoms with Gasteiger partial charge >= 0.3 is 12.7 Å². The highest BCUT2D eigenvalue weighted by atomic mass is 19.4. The third-order valence-corrected chi connectivity index (χ3v) is 2.33. The SMILES string of the molecule is Cn1c(=O)[nH]c2c([B-](F)(F)F)cccc21. The Balaban J connectivity index is 2.89. The average Bonchev–Trinajstić information content (AvgIpc) is 2.41. The Labute approximate surface area is 82.6 Å². The molecule has 2 aromatic rings. The second kappa shape index (κ2) is 2.92. The van der Waals surface area contributed by atoms with E-state index in [0.717, 1.165) is 10.6 Å². The fourth-order valence-corrected chi connectivity index (χ4v) is 1.55. The number of aromatic amines is 1. The number of nitrogens with zero attached hydrogens (tertiary/aromatic N) is 1. The number of hydrogen-bond acceptors (Lipinski definition) is 1. The van der Waals surface area contributed by atoms with Gasteiger partial charge < -0.3 is 17.9 Å². The lowest BCUT2D eigenvalue weighted by atomic mass is 9.79. The minimum atomic E-state index is -5.10. The molecule has 0 aliphatic carbocycles. The molecule has 1 heterocycles. The van der Waals surface area contributed by atoms with Crippen LogP contribution in [0.5, 0.6) is 0 Å². The zero-order valence-electron chi connectivity index (χ0n) is 7.80. The predicted molar refractivity (Wildman–Crippen MR) is 52.3 cm³/mol. The molecule has 0 saturated heterocycles. The number of fused-ring (bicyclic) bond motifs is 1. The van der Waals surface area contributed by atoms with Crippen LogP contribution in [-0.4, -0.2) is 16.5 Å². The molecule has 0 bridgehead atoms. The van der Waals surface area contributed by atoms with Crippen LogP contribution in [0.4, 0.5) is 12.9 Å². The van der Waals surface area contributed by atoms with Crippen LogP contribution in [0, 0.1) is 0 Å². The van der Waals surface area contributed by atoms with E-state index in [2.05, 4.69) is 4.98 Å². The topological polar surface area (TPSA) is 37.8 Å². The van der Waals surface area contributed by atoms with E-state index >= 15 is 0 Å². The van der Waals surface area contributed by atoms with Crippen molar-refractivity contribution in [1.82, 2.24) is 9.55 Å². The van der Waals surface area contributed by atoms with Gasteiger partial charge in [-0.05, 0) is 6.07 Å². The van der Waals surface area contributed by atoms with Crippen molar-refractivity contribution in [3.05, 3.63) is 28.7 Å². The molecule has 80 valence electrons. The van der Waals surface area contributed by atoms with E-state index in [-0.39, 0.29) is 11.0 Å². The summed E-state index contributed by atoms with van der Waals surface area (Å²) in [6.45, 7) is -5.10. The van der Waals surface area contributed by atoms with Crippen LogP contribution in [0.25, 0.3) is 11.0 Å². The first-order valence-electron chi connectivity index (χ1n) is 4.29. The van der Waals surface area contributed by atoms with Crippen molar-refractivity contribution in [2.24, 2.45) is 7.05 Å². The summed E-state index contributed by atoms with van der Waals surface area (Å²) < 4.78 is 38.9. The summed E-state index contributed by atoms with van der Waals surface area (Å²) >= 11 is 0. The third-order valence-electron chi connectivity index (χ3n) is 2.33. The molecule has 0 amide bonds. The second-order valence-electron chi connectivity index (χ2n) is 3.31. The van der Waals surface area contributed by atoms with Crippen molar-refractivity contribution >= 4 is 23.5 Å². The number of rotatable bonds is 1. The van der Waals surface area contributed by atoms with Gasteiger partial charge in [-0.3, -0.25) is 4.57 Å². The number of nitrogens with one attached hydrogen (secondary N) is 1. The summed E-state index contributed by atoms with van der Waals surface area (Å²) in [6, 6.07) is 3.73. The first-order chi connectivity index (χ1) is 6.91. The van der Waals surface area contributed by atoms with E-state index in [9.17, 15) is 17.7 Å². The van der Waals surface area contributed by atoms with Gasteiger partial charge in [-0.25, -0.2) is 4.79 Å². The average molecular weight is 215 g/mol. The van der Waals surface area contributed by atoms with Gasteiger partial charge in [0.15, 0.2) is 0 Å². The van der Waals surface area contributed by atoms with E-state index in [1.54, 1.807) is 0 Å². The van der Waals surface area contributed by atoms with Crippen LogP contribution in [0.3, 0.4) is 0 Å². The molecular formula is C8H7BF3N2O-. The maximum Gasteiger partial charge on any atom is 0.511 e. The molecule has 3 nitrogen and oxygen atoms in total. The number of para-hydroxylation sites is 1. The van der Waals surface area contributed by atoms with Gasteiger partial charge in [-0.15, -0.1) is 0 Å². The van der Waals surface area contributed by atoms with Crippen molar-refractivity contribution < 1.29 is 12.9 Å². The number of benzene rings is 1. The Hall–Kier alpha value is -1.66. The zero-order chi connectivity index (χ0) is 11.2. The lowest BCUT2D eigenvalue weighted by molar-refractivity contribution is 0.501. The van der Waals surface area contributed by atoms with Crippen molar-refractivity contribution in [2.45, 2.75) is 0 Å². The maximum absolute atomic E-state index is 12.6. The quantitative estimate of drug-likeness (QED) is 0.705. The minimum Gasteiger partial charge on any atom is -0.445 e. The molecule has 15 heavy (non-hydrogen) atoms. The number of imidazole rings is 1. The minimum absolute atomic E-state index is 0.141. The predicted octanol–water partition coefficient (Wildman–Crippen LogP) is 0.921. The van der Waals surface area contributed by atoms with Gasteiger partial charge in [0.1, 0.15) is 0 Å². The number of hydrogen-bond donors (Lipinski definition) is 1. The van der Waals surface area contributed by atoms with E-state index < -0.39 is 18.1 Å². The Morgan fingerprint density at radius 2 is 2.00 bits per heavy atom. The molecule has 1 aromatic carbocycles. The molecule has 7 heteroatoms. The summed E-state index contributed by atoms with van der Waals surface area (Å²) in [5.41, 5.74) is -1.18. The van der Waals surface area contributed by atoms with Gasteiger partial charge in [-0.1, -0.05) is 17.6 Å². The van der Waals surface area contributed by atoms with E-state index in [1.807, 2.05) is 0 Å². The lowest BCUT2D eigenvalue weighted by Crippen LogP contribution is -2.34. The molecule has 0 spiro atoms. The first kappa shape index (κ1) is 9.88. The molecule has 0 fully saturated rings. The Morgan fingerprint density at radius 3 is 2.60 bits per heavy atom. The molecule has 1 aromatic heterocycles. The monoisotopic (exact) mass is 215 g/mol. The van der Waals surface area contributed by atoms with Crippen molar-refractivity contribution in [1.29, 1.82) is 0 Å². The molecule has 0 unspecified atom stereocenters. The van der Waals surface area contributed by atoms with Crippen LogP contribution in [0.1, 0.15) is 0 Å². The van der Waals surface area contributed by atoms with E-state index in [1.165, 1.54) is 19.2 Å². The van der Waals surface area contributed by atoms with Crippen molar-refractivity contribution in [3.63, 3.8) is 0 Å². The number of aromatic nitrogens is 2. The molecular weight excluding hydrogens is 208 g/mol. The molecule has 2 rings (SSSR count). The largest absolute Gasteiger partial charge is 0.511 e. The summed E-state index contributed by atoms with van der Waals surface area (Å²) in [4.78, 5) is 13.4. The summed E-state index contributed by atoms with van der Waals surface area (Å²) in [7, 11) is 1.42. The van der Waals surface area contributed by atoms with Gasteiger partial charge in [0.25, 0.3) is 0 Å². The van der Waals surface area contributed by atoms with E-state index in [4.69, 9.17) is 0 Å². The van der Waals surface area contributed by atoms with E-state index in [0.29, 0.717) is 0 Å². The maximum atomic E-state index is 12.6. The van der Waals surface area contributed by atoms with Gasteiger partial charge in [0.2, 0.25) is 0 Å². The molecule has 1 N–H and O–H groups in total. The third kappa shape index (κ3) is 1.43. The standard InChI is InChI=1S/C8H7BF3N2O/c1-14-6-4-2-3-5(9(10,11)12)7(6)13-8(14)15/h2-4H,1H3,(H,13,15)/q-1. The number of aryl methyl sites for hydroxylation is 1. The molecule has 0 atom stereocenters. The molecule has 0 saturated carbocycles. The lowest BCUT2D eigenvalue weighted by Gasteiger charge is -2.15. The molecule has 0 radical (unpaired) electrons. The fourth-order valence-electron chi connectivity index (χ4n) is 1.55. The zero-order valence-corrected chi connectivity index (χ0v) is 7.80. The Bertz CT molecular complexity index is 569. The highest BCUT2D eigenvalue weighted by molar-refractivity contribution is 6.75. The highest BCUT2D eigenvalue weighted by Crippen LogP contribution is 2.15. The number of halogens is 3. The first-order valence-corrected chi connectivity index (χ1v) is 4.29. The second-order valence-corrected chi connectivity index (χ2v) is 3.31. The normalized spacial score (nSPS) is 12.3.